The number of aliphatic imine (C=N–C) groups is 1. The summed E-state index contributed by atoms with van der Waals surface area (Å²) in [6.45, 7) is 9.03. The lowest BCUT2D eigenvalue weighted by Crippen LogP contribution is -2.35. The number of anilines is 2. The maximum absolute atomic E-state index is 13.9. The van der Waals surface area contributed by atoms with Gasteiger partial charge in [-0.1, -0.05) is 37.6 Å². The zero-order chi connectivity index (χ0) is 34.1. The molecule has 2 N–H and O–H groups in total. The number of nitriles is 1. The average Bonchev–Trinajstić information content (AvgIpc) is 3.26. The van der Waals surface area contributed by atoms with Gasteiger partial charge in [-0.2, -0.15) is 10.2 Å². The fraction of sp³-hybridized carbons (Fsp3) is 0.344. The summed E-state index contributed by atoms with van der Waals surface area (Å²) >= 11 is 6.25. The van der Waals surface area contributed by atoms with E-state index < -0.39 is 29.2 Å². The number of carbonyl (C=O) groups is 2. The standard InChI is InChI=1S/C32H35ClN8O5/c1-17(2)25(37-22-15-36-30(38-27(22)45-8)40(7)31(44)46-32(3,4)5)23-24(35)29(43)41(20-13-21(33)28(42)39(6)16-20)26(23)19-11-9-18(14-34)10-12-19/h9-13,15-17,26H,35H2,1-8H3. The molecule has 46 heavy (non-hydrogen) atoms. The van der Waals surface area contributed by atoms with Crippen molar-refractivity contribution in [2.24, 2.45) is 23.7 Å². The molecular formula is C32H35ClN8O5. The van der Waals surface area contributed by atoms with Gasteiger partial charge in [-0.05, 0) is 50.5 Å². The van der Waals surface area contributed by atoms with E-state index in [1.807, 2.05) is 13.8 Å². The van der Waals surface area contributed by atoms with Crippen LogP contribution in [0.3, 0.4) is 0 Å². The summed E-state index contributed by atoms with van der Waals surface area (Å²) < 4.78 is 12.2. The van der Waals surface area contributed by atoms with Crippen LogP contribution in [0.25, 0.3) is 0 Å². The fourth-order valence-corrected chi connectivity index (χ4v) is 5.05. The molecule has 0 spiro atoms. The predicted octanol–water partition coefficient (Wildman–Crippen LogP) is 4.81. The van der Waals surface area contributed by atoms with Crippen LogP contribution in [0, 0.1) is 17.2 Å². The van der Waals surface area contributed by atoms with Crippen molar-refractivity contribution in [3.05, 3.63) is 80.5 Å². The molecule has 0 saturated heterocycles. The Morgan fingerprint density at radius 2 is 1.87 bits per heavy atom. The Morgan fingerprint density at radius 3 is 2.41 bits per heavy atom. The highest BCUT2D eigenvalue weighted by Crippen LogP contribution is 2.43. The van der Waals surface area contributed by atoms with Crippen molar-refractivity contribution in [2.45, 2.75) is 46.3 Å². The quantitative estimate of drug-likeness (QED) is 0.354. The molecule has 3 heterocycles. The maximum atomic E-state index is 13.9. The van der Waals surface area contributed by atoms with E-state index in [9.17, 15) is 19.6 Å². The first-order chi connectivity index (χ1) is 21.6. The van der Waals surface area contributed by atoms with Crippen molar-refractivity contribution < 1.29 is 19.1 Å². The minimum absolute atomic E-state index is 0.0270. The van der Waals surface area contributed by atoms with Crippen LogP contribution in [0.1, 0.15) is 51.8 Å². The summed E-state index contributed by atoms with van der Waals surface area (Å²) in [5.74, 6) is -0.706. The van der Waals surface area contributed by atoms with Gasteiger partial charge in [0, 0.05) is 25.9 Å². The molecule has 0 saturated carbocycles. The van der Waals surface area contributed by atoms with Crippen molar-refractivity contribution in [2.75, 3.05) is 24.0 Å². The molecule has 0 fully saturated rings. The number of halogens is 1. The number of aromatic nitrogens is 3. The number of pyridine rings is 1. The van der Waals surface area contributed by atoms with E-state index in [4.69, 9.17) is 31.8 Å². The summed E-state index contributed by atoms with van der Waals surface area (Å²) in [6, 6.07) is 9.45. The maximum Gasteiger partial charge on any atom is 0.416 e. The minimum atomic E-state index is -0.806. The van der Waals surface area contributed by atoms with Crippen LogP contribution < -0.4 is 25.8 Å². The van der Waals surface area contributed by atoms with Crippen LogP contribution >= 0.6 is 11.6 Å². The topological polar surface area (TPSA) is 169 Å². The number of benzene rings is 1. The number of amides is 2. The third-order valence-electron chi connectivity index (χ3n) is 6.98. The smallest absolute Gasteiger partial charge is 0.416 e. The predicted molar refractivity (Wildman–Crippen MR) is 174 cm³/mol. The van der Waals surface area contributed by atoms with Crippen molar-refractivity contribution in [1.82, 2.24) is 14.5 Å². The van der Waals surface area contributed by atoms with Gasteiger partial charge in [-0.3, -0.25) is 14.5 Å². The Hall–Kier alpha value is -5.22. The molecule has 2 amide bonds. The highest BCUT2D eigenvalue weighted by molar-refractivity contribution is 6.31. The van der Waals surface area contributed by atoms with Crippen LogP contribution in [0.4, 0.5) is 22.1 Å². The average molecular weight is 647 g/mol. The first-order valence-corrected chi connectivity index (χ1v) is 14.6. The van der Waals surface area contributed by atoms with E-state index >= 15 is 0 Å². The van der Waals surface area contributed by atoms with Gasteiger partial charge in [-0.15, -0.1) is 0 Å². The lowest BCUT2D eigenvalue weighted by molar-refractivity contribution is -0.114. The van der Waals surface area contributed by atoms with E-state index in [1.54, 1.807) is 45.0 Å². The molecule has 1 unspecified atom stereocenters. The second kappa shape index (κ2) is 13.0. The lowest BCUT2D eigenvalue weighted by Gasteiger charge is -2.29. The highest BCUT2D eigenvalue weighted by Gasteiger charge is 2.43. The molecule has 1 atom stereocenters. The van der Waals surface area contributed by atoms with Crippen molar-refractivity contribution >= 4 is 46.6 Å². The van der Waals surface area contributed by atoms with Gasteiger partial charge in [0.2, 0.25) is 11.8 Å². The summed E-state index contributed by atoms with van der Waals surface area (Å²) in [7, 11) is 4.42. The van der Waals surface area contributed by atoms with Gasteiger partial charge in [0.15, 0.2) is 0 Å². The van der Waals surface area contributed by atoms with Crippen LogP contribution in [-0.4, -0.2) is 52.0 Å². The largest absolute Gasteiger partial charge is 0.479 e. The highest BCUT2D eigenvalue weighted by atomic mass is 35.5. The van der Waals surface area contributed by atoms with Gasteiger partial charge < -0.3 is 19.8 Å². The Labute approximate surface area is 271 Å². The molecule has 3 aromatic rings. The normalized spacial score (nSPS) is 15.3. The molecular weight excluding hydrogens is 612 g/mol. The van der Waals surface area contributed by atoms with E-state index in [-0.39, 0.29) is 34.2 Å². The minimum Gasteiger partial charge on any atom is -0.479 e. The molecule has 4 rings (SSSR count). The molecule has 14 heteroatoms. The van der Waals surface area contributed by atoms with Crippen LogP contribution in [0.2, 0.25) is 5.02 Å². The molecule has 0 radical (unpaired) electrons. The molecule has 2 aromatic heterocycles. The van der Waals surface area contributed by atoms with Gasteiger partial charge in [0.25, 0.3) is 11.5 Å². The van der Waals surface area contributed by atoms with E-state index in [0.29, 0.717) is 28.1 Å². The number of rotatable bonds is 7. The zero-order valence-electron chi connectivity index (χ0n) is 26.8. The Kier molecular flexibility index (Phi) is 9.53. The number of ether oxygens (including phenoxy) is 2. The number of hydrogen-bond acceptors (Lipinski definition) is 10. The number of nitrogens with two attached hydrogens (primary N) is 1. The van der Waals surface area contributed by atoms with Crippen molar-refractivity contribution in [3.63, 3.8) is 0 Å². The van der Waals surface area contributed by atoms with Crippen LogP contribution in [0.15, 0.2) is 63.8 Å². The number of nitrogens with zero attached hydrogens (tertiary/aromatic N) is 7. The number of carbonyl (C=O) groups excluding carboxylic acids is 2. The van der Waals surface area contributed by atoms with Crippen molar-refractivity contribution in [3.8, 4) is 11.9 Å². The van der Waals surface area contributed by atoms with E-state index in [2.05, 4.69) is 16.0 Å². The number of hydrogen-bond donors (Lipinski definition) is 1. The second-order valence-electron chi connectivity index (χ2n) is 11.9. The molecule has 1 aliphatic heterocycles. The van der Waals surface area contributed by atoms with Gasteiger partial charge in [0.1, 0.15) is 22.0 Å². The molecule has 0 aliphatic carbocycles. The second-order valence-corrected chi connectivity index (χ2v) is 12.3. The van der Waals surface area contributed by atoms with Crippen molar-refractivity contribution in [1.29, 1.82) is 5.26 Å². The molecule has 13 nitrogen and oxygen atoms in total. The summed E-state index contributed by atoms with van der Waals surface area (Å²) in [5.41, 5.74) is 7.85. The summed E-state index contributed by atoms with van der Waals surface area (Å²) in [6.07, 6.45) is 2.25. The third kappa shape index (κ3) is 6.72. The number of aryl methyl sites for hydroxylation is 1. The van der Waals surface area contributed by atoms with Crippen LogP contribution in [-0.2, 0) is 16.6 Å². The van der Waals surface area contributed by atoms with E-state index in [0.717, 1.165) is 4.90 Å². The Bertz CT molecular complexity index is 1830. The Balaban J connectivity index is 1.88. The monoisotopic (exact) mass is 646 g/mol. The SMILES string of the molecule is COc1nc(N(C)C(=O)OC(C)(C)C)ncc1N=C(C1=C(N)C(=O)N(c2cc(Cl)c(=O)n(C)c2)C1c1ccc(C#N)cc1)C(C)C. The number of methoxy groups -OCH3 is 1. The van der Waals surface area contributed by atoms with Crippen LogP contribution in [0.5, 0.6) is 5.88 Å². The van der Waals surface area contributed by atoms with Gasteiger partial charge in [0.05, 0.1) is 42.4 Å². The molecule has 1 aliphatic rings. The molecule has 1 aromatic carbocycles. The first-order valence-electron chi connectivity index (χ1n) is 14.2. The van der Waals surface area contributed by atoms with E-state index in [1.165, 1.54) is 49.1 Å². The lowest BCUT2D eigenvalue weighted by atomic mass is 9.89. The molecule has 240 valence electrons. The Morgan fingerprint density at radius 1 is 1.22 bits per heavy atom. The third-order valence-corrected chi connectivity index (χ3v) is 7.25. The van der Waals surface area contributed by atoms with Gasteiger partial charge >= 0.3 is 6.09 Å². The first kappa shape index (κ1) is 33.7. The molecule has 0 bridgehead atoms. The fourth-order valence-electron chi connectivity index (χ4n) is 4.81. The zero-order valence-corrected chi connectivity index (χ0v) is 27.6. The summed E-state index contributed by atoms with van der Waals surface area (Å²) in [4.78, 5) is 55.1. The summed E-state index contributed by atoms with van der Waals surface area (Å²) in [5, 5.41) is 9.32. The van der Waals surface area contributed by atoms with Gasteiger partial charge in [-0.25, -0.2) is 19.7 Å².